The van der Waals surface area contributed by atoms with Crippen LogP contribution in [-0.2, 0) is 13.0 Å². The van der Waals surface area contributed by atoms with Gasteiger partial charge in [-0.3, -0.25) is 0 Å². The van der Waals surface area contributed by atoms with E-state index in [9.17, 15) is 0 Å². The highest BCUT2D eigenvalue weighted by Gasteiger charge is 2.10. The van der Waals surface area contributed by atoms with E-state index in [1.807, 2.05) is 54.6 Å². The summed E-state index contributed by atoms with van der Waals surface area (Å²) < 4.78 is 7.53. The van der Waals surface area contributed by atoms with Gasteiger partial charge in [-0.05, 0) is 64.9 Å². The molecule has 0 aliphatic carbocycles. The van der Waals surface area contributed by atoms with Crippen LogP contribution in [0.1, 0.15) is 11.1 Å². The fourth-order valence-electron chi connectivity index (χ4n) is 3.59. The van der Waals surface area contributed by atoms with Crippen LogP contribution >= 0.6 is 0 Å². The minimum atomic E-state index is 0. The highest BCUT2D eigenvalue weighted by molar-refractivity contribution is 5.83. The Labute approximate surface area is 191 Å². The Hall–Kier alpha value is -3.68. The summed E-state index contributed by atoms with van der Waals surface area (Å²) in [5.41, 5.74) is 4.49. The Morgan fingerprint density at radius 3 is 2.69 bits per heavy atom. The van der Waals surface area contributed by atoms with Crippen LogP contribution in [0.25, 0.3) is 16.6 Å². The number of benzene rings is 3. The molecule has 2 heterocycles. The number of nitrogens with zero attached hydrogens (tertiary/aromatic N) is 4. The quantitative estimate of drug-likeness (QED) is 0.352. The first-order chi connectivity index (χ1) is 15.4. The fourth-order valence-corrected chi connectivity index (χ4v) is 3.59. The van der Waals surface area contributed by atoms with Crippen molar-refractivity contribution in [1.29, 1.82) is 0 Å². The number of hydrogen-bond donors (Lipinski definition) is 2. The molecule has 0 bridgehead atoms. The van der Waals surface area contributed by atoms with E-state index in [0.717, 1.165) is 30.8 Å². The van der Waals surface area contributed by atoms with Gasteiger partial charge in [0.1, 0.15) is 5.75 Å². The number of halogens is 1. The summed E-state index contributed by atoms with van der Waals surface area (Å²) >= 11 is 0. The van der Waals surface area contributed by atoms with Crippen molar-refractivity contribution >= 4 is 10.9 Å². The number of tetrazole rings is 1. The van der Waals surface area contributed by atoms with Gasteiger partial charge in [-0.2, -0.15) is 4.68 Å². The highest BCUT2D eigenvalue weighted by atomic mass is 35.5. The van der Waals surface area contributed by atoms with Crippen molar-refractivity contribution < 1.29 is 17.1 Å². The van der Waals surface area contributed by atoms with Crippen molar-refractivity contribution in [2.45, 2.75) is 13.0 Å². The molecule has 0 saturated heterocycles. The van der Waals surface area contributed by atoms with Crippen LogP contribution in [0.2, 0.25) is 0 Å². The van der Waals surface area contributed by atoms with Gasteiger partial charge >= 0.3 is 6.01 Å². The molecule has 0 unspecified atom stereocenters. The van der Waals surface area contributed by atoms with Gasteiger partial charge in [0.15, 0.2) is 0 Å². The molecule has 162 valence electrons. The zero-order chi connectivity index (χ0) is 20.9. The number of nitrogens with one attached hydrogen (secondary N) is 2. The van der Waals surface area contributed by atoms with Crippen molar-refractivity contribution in [3.63, 3.8) is 0 Å². The molecule has 5 rings (SSSR count). The molecule has 0 amide bonds. The molecule has 2 aromatic heterocycles. The number of rotatable bonds is 8. The molecule has 7 nitrogen and oxygen atoms in total. The second-order valence-electron chi connectivity index (χ2n) is 7.24. The summed E-state index contributed by atoms with van der Waals surface area (Å²) in [5.74, 6) is 0.697. The van der Waals surface area contributed by atoms with Crippen LogP contribution in [0.15, 0.2) is 85.1 Å². The van der Waals surface area contributed by atoms with Gasteiger partial charge in [0.25, 0.3) is 0 Å². The third-order valence-electron chi connectivity index (χ3n) is 5.12. The standard InChI is InChI=1S/C24H22N6O.ClH/c1-2-8-20(9-3-1)30-24(27-28-29-30)31-21-10-6-7-18(15-21)16-25-14-13-19-17-26-23-12-5-4-11-22(19)23;/h1-12,15,17,25-26H,13-14,16H2;1H/p-1. The van der Waals surface area contributed by atoms with Gasteiger partial charge in [0.05, 0.1) is 5.69 Å². The Kier molecular flexibility index (Phi) is 6.79. The lowest BCUT2D eigenvalue weighted by Crippen LogP contribution is -3.00. The number of H-pyrrole nitrogens is 1. The van der Waals surface area contributed by atoms with E-state index >= 15 is 0 Å². The van der Waals surface area contributed by atoms with Crippen molar-refractivity contribution in [2.24, 2.45) is 0 Å². The molecule has 0 saturated carbocycles. The summed E-state index contributed by atoms with van der Waals surface area (Å²) in [7, 11) is 0. The average molecular weight is 446 g/mol. The van der Waals surface area contributed by atoms with Crippen molar-refractivity contribution in [3.8, 4) is 17.4 Å². The van der Waals surface area contributed by atoms with Crippen LogP contribution in [-0.4, -0.2) is 31.7 Å². The van der Waals surface area contributed by atoms with Gasteiger partial charge < -0.3 is 27.4 Å². The summed E-state index contributed by atoms with van der Waals surface area (Å²) in [5, 5.41) is 16.6. The molecular weight excluding hydrogens is 424 g/mol. The number of ether oxygens (including phenoxy) is 1. The second kappa shape index (κ2) is 10.1. The molecule has 3 aromatic carbocycles. The molecular formula is C24H22ClN6O-. The number of aromatic nitrogens is 5. The Balaban J connectivity index is 0.00000245. The van der Waals surface area contributed by atoms with Gasteiger partial charge in [-0.15, -0.1) is 0 Å². The summed E-state index contributed by atoms with van der Waals surface area (Å²) in [6.07, 6.45) is 3.06. The topological polar surface area (TPSA) is 80.7 Å². The maximum atomic E-state index is 5.95. The van der Waals surface area contributed by atoms with Gasteiger partial charge in [0.2, 0.25) is 0 Å². The van der Waals surface area contributed by atoms with E-state index in [0.29, 0.717) is 11.8 Å². The van der Waals surface area contributed by atoms with Crippen LogP contribution < -0.4 is 22.5 Å². The first-order valence-corrected chi connectivity index (χ1v) is 10.2. The van der Waals surface area contributed by atoms with Gasteiger partial charge in [0, 0.05) is 23.6 Å². The normalized spacial score (nSPS) is 10.8. The molecule has 0 fully saturated rings. The lowest BCUT2D eigenvalue weighted by Gasteiger charge is -2.08. The minimum absolute atomic E-state index is 0. The summed E-state index contributed by atoms with van der Waals surface area (Å²) in [6.45, 7) is 1.64. The minimum Gasteiger partial charge on any atom is -1.00 e. The van der Waals surface area contributed by atoms with Crippen molar-refractivity contribution in [3.05, 3.63) is 96.2 Å². The van der Waals surface area contributed by atoms with E-state index in [2.05, 4.69) is 56.3 Å². The highest BCUT2D eigenvalue weighted by Crippen LogP contribution is 2.22. The summed E-state index contributed by atoms with van der Waals surface area (Å²) in [4.78, 5) is 3.33. The van der Waals surface area contributed by atoms with Crippen LogP contribution in [0.4, 0.5) is 0 Å². The third-order valence-corrected chi connectivity index (χ3v) is 5.12. The van der Waals surface area contributed by atoms with Crippen molar-refractivity contribution in [1.82, 2.24) is 30.5 Å². The predicted molar refractivity (Wildman–Crippen MR) is 119 cm³/mol. The molecule has 0 radical (unpaired) electrons. The van der Waals surface area contributed by atoms with E-state index in [1.165, 1.54) is 16.5 Å². The largest absolute Gasteiger partial charge is 1.00 e. The molecule has 32 heavy (non-hydrogen) atoms. The molecule has 0 atom stereocenters. The van der Waals surface area contributed by atoms with E-state index in [4.69, 9.17) is 4.74 Å². The Bertz CT molecular complexity index is 1280. The molecule has 0 aliphatic heterocycles. The number of para-hydroxylation sites is 2. The maximum Gasteiger partial charge on any atom is 0.345 e. The zero-order valence-corrected chi connectivity index (χ0v) is 18.0. The molecule has 8 heteroatoms. The van der Waals surface area contributed by atoms with Gasteiger partial charge in [-0.1, -0.05) is 53.6 Å². The first kappa shape index (κ1) is 21.5. The average Bonchev–Trinajstić information content (AvgIpc) is 3.45. The number of aromatic amines is 1. The lowest BCUT2D eigenvalue weighted by molar-refractivity contribution is -0.00000701. The van der Waals surface area contributed by atoms with E-state index in [1.54, 1.807) is 4.68 Å². The van der Waals surface area contributed by atoms with E-state index in [-0.39, 0.29) is 12.4 Å². The molecule has 5 aromatic rings. The molecule has 0 aliphatic rings. The summed E-state index contributed by atoms with van der Waals surface area (Å²) in [6, 6.07) is 26.3. The van der Waals surface area contributed by atoms with Crippen LogP contribution in [0.3, 0.4) is 0 Å². The fraction of sp³-hybridized carbons (Fsp3) is 0.125. The monoisotopic (exact) mass is 445 g/mol. The Morgan fingerprint density at radius 1 is 0.938 bits per heavy atom. The first-order valence-electron chi connectivity index (χ1n) is 10.2. The molecule has 0 spiro atoms. The Morgan fingerprint density at radius 2 is 1.78 bits per heavy atom. The van der Waals surface area contributed by atoms with Crippen molar-refractivity contribution in [2.75, 3.05) is 6.54 Å². The SMILES string of the molecule is [Cl-].c1ccc(-n2nnnc2Oc2cccc(CNCCc3c[nH]c4ccccc34)c2)cc1. The predicted octanol–water partition coefficient (Wildman–Crippen LogP) is 1.27. The lowest BCUT2D eigenvalue weighted by atomic mass is 10.1. The number of hydrogen-bond acceptors (Lipinski definition) is 5. The third kappa shape index (κ3) is 4.80. The zero-order valence-electron chi connectivity index (χ0n) is 17.3. The van der Waals surface area contributed by atoms with E-state index < -0.39 is 0 Å². The van der Waals surface area contributed by atoms with Gasteiger partial charge in [-0.25, -0.2) is 0 Å². The second-order valence-corrected chi connectivity index (χ2v) is 7.24. The smallest absolute Gasteiger partial charge is 0.345 e. The van der Waals surface area contributed by atoms with Crippen LogP contribution in [0.5, 0.6) is 11.8 Å². The maximum absolute atomic E-state index is 5.95. The number of fused-ring (bicyclic) bond motifs is 1. The van der Waals surface area contributed by atoms with Crippen LogP contribution in [0, 0.1) is 0 Å². The molecule has 2 N–H and O–H groups in total.